The smallest absolute Gasteiger partial charge is 0.356 e. The topological polar surface area (TPSA) is 55.1 Å². The highest BCUT2D eigenvalue weighted by atomic mass is 16.4. The van der Waals surface area contributed by atoms with Crippen molar-refractivity contribution in [2.24, 2.45) is 0 Å². The molecule has 4 nitrogen and oxygen atoms in total. The maximum atomic E-state index is 10.6. The number of aromatic nitrogens is 2. The molecule has 0 unspecified atom stereocenters. The first-order valence-electron chi connectivity index (χ1n) is 4.93. The Bertz CT molecular complexity index is 318. The maximum Gasteiger partial charge on any atom is 0.356 e. The number of hydrogen-bond donors (Lipinski definition) is 1. The quantitative estimate of drug-likeness (QED) is 0.733. The number of aromatic carboxylic acids is 1. The second-order valence-electron chi connectivity index (χ2n) is 3.41. The molecule has 1 rings (SSSR count). The van der Waals surface area contributed by atoms with Crippen LogP contribution in [0.25, 0.3) is 0 Å². The Morgan fingerprint density at radius 3 is 2.79 bits per heavy atom. The number of carboxylic acids is 1. The zero-order valence-corrected chi connectivity index (χ0v) is 8.66. The van der Waals surface area contributed by atoms with Crippen molar-refractivity contribution < 1.29 is 9.90 Å². The molecule has 1 N–H and O–H groups in total. The number of carboxylic acid groups (broad SMARTS) is 1. The van der Waals surface area contributed by atoms with Gasteiger partial charge in [-0.05, 0) is 19.4 Å². The minimum absolute atomic E-state index is 0.138. The van der Waals surface area contributed by atoms with Crippen LogP contribution in [0, 0.1) is 6.92 Å². The zero-order chi connectivity index (χ0) is 10.6. The summed E-state index contributed by atoms with van der Waals surface area (Å²) >= 11 is 0. The van der Waals surface area contributed by atoms with Crippen molar-refractivity contribution in [1.82, 2.24) is 9.78 Å². The summed E-state index contributed by atoms with van der Waals surface area (Å²) in [5, 5.41) is 12.7. The summed E-state index contributed by atoms with van der Waals surface area (Å²) in [6.07, 6.45) is 3.37. The van der Waals surface area contributed by atoms with Crippen LogP contribution in [0.3, 0.4) is 0 Å². The molecule has 14 heavy (non-hydrogen) atoms. The molecular weight excluding hydrogens is 180 g/mol. The van der Waals surface area contributed by atoms with E-state index in [0.29, 0.717) is 0 Å². The van der Waals surface area contributed by atoms with Crippen LogP contribution in [0.5, 0.6) is 0 Å². The molecule has 0 atom stereocenters. The molecule has 0 spiro atoms. The molecule has 4 heteroatoms. The van der Waals surface area contributed by atoms with Gasteiger partial charge in [0.2, 0.25) is 0 Å². The average Bonchev–Trinajstić information content (AvgIpc) is 2.49. The number of hydrogen-bond acceptors (Lipinski definition) is 2. The number of nitrogens with zero attached hydrogens (tertiary/aromatic N) is 2. The Hall–Kier alpha value is -1.32. The van der Waals surface area contributed by atoms with E-state index in [2.05, 4.69) is 12.0 Å². The Balaban J connectivity index is 2.63. The lowest BCUT2D eigenvalue weighted by Crippen LogP contribution is -2.04. The summed E-state index contributed by atoms with van der Waals surface area (Å²) in [5.74, 6) is -0.956. The highest BCUT2D eigenvalue weighted by molar-refractivity contribution is 5.85. The largest absolute Gasteiger partial charge is 0.476 e. The molecule has 0 aromatic carbocycles. The van der Waals surface area contributed by atoms with E-state index in [4.69, 9.17) is 5.11 Å². The molecule has 1 aromatic rings. The molecule has 0 fully saturated rings. The van der Waals surface area contributed by atoms with Gasteiger partial charge in [0.1, 0.15) is 0 Å². The van der Waals surface area contributed by atoms with Gasteiger partial charge in [0, 0.05) is 12.2 Å². The first kappa shape index (κ1) is 10.8. The average molecular weight is 196 g/mol. The van der Waals surface area contributed by atoms with E-state index >= 15 is 0 Å². The summed E-state index contributed by atoms with van der Waals surface area (Å²) in [6.45, 7) is 4.83. The molecule has 0 aliphatic carbocycles. The monoisotopic (exact) mass is 196 g/mol. The molecule has 0 radical (unpaired) electrons. The van der Waals surface area contributed by atoms with Gasteiger partial charge in [0.25, 0.3) is 0 Å². The second-order valence-corrected chi connectivity index (χ2v) is 3.41. The van der Waals surface area contributed by atoms with Crippen molar-refractivity contribution in [2.75, 3.05) is 0 Å². The summed E-state index contributed by atoms with van der Waals surface area (Å²) in [4.78, 5) is 10.6. The third-order valence-corrected chi connectivity index (χ3v) is 2.17. The predicted molar refractivity (Wildman–Crippen MR) is 53.4 cm³/mol. The van der Waals surface area contributed by atoms with Crippen LogP contribution >= 0.6 is 0 Å². The van der Waals surface area contributed by atoms with E-state index in [1.807, 2.05) is 6.92 Å². The standard InChI is InChI=1S/C10H16N2O2/c1-3-4-5-6-12-8(2)7-9(11-12)10(13)14/h7H,3-6H2,1-2H3,(H,13,14). The van der Waals surface area contributed by atoms with Gasteiger partial charge < -0.3 is 5.11 Å². The molecule has 0 amide bonds. The van der Waals surface area contributed by atoms with Gasteiger partial charge in [0.05, 0.1) is 0 Å². The summed E-state index contributed by atoms with van der Waals surface area (Å²) in [7, 11) is 0. The molecular formula is C10H16N2O2. The van der Waals surface area contributed by atoms with Gasteiger partial charge in [-0.25, -0.2) is 4.79 Å². The van der Waals surface area contributed by atoms with Crippen LogP contribution in [-0.4, -0.2) is 20.9 Å². The van der Waals surface area contributed by atoms with Crippen LogP contribution in [0.15, 0.2) is 6.07 Å². The molecule has 0 aliphatic rings. The Labute approximate surface area is 83.5 Å². The van der Waals surface area contributed by atoms with Crippen molar-refractivity contribution in [3.8, 4) is 0 Å². The fourth-order valence-corrected chi connectivity index (χ4v) is 1.35. The number of unbranched alkanes of at least 4 members (excludes halogenated alkanes) is 2. The van der Waals surface area contributed by atoms with Crippen LogP contribution < -0.4 is 0 Å². The fourth-order valence-electron chi connectivity index (χ4n) is 1.35. The predicted octanol–water partition coefficient (Wildman–Crippen LogP) is 2.08. The summed E-state index contributed by atoms with van der Waals surface area (Å²) in [6, 6.07) is 1.61. The molecule has 78 valence electrons. The summed E-state index contributed by atoms with van der Waals surface area (Å²) < 4.78 is 1.76. The van der Waals surface area contributed by atoms with Gasteiger partial charge in [-0.1, -0.05) is 19.8 Å². The molecule has 1 heterocycles. The minimum atomic E-state index is -0.956. The Morgan fingerprint density at radius 1 is 1.57 bits per heavy atom. The second kappa shape index (κ2) is 4.79. The van der Waals surface area contributed by atoms with Crippen molar-refractivity contribution >= 4 is 5.97 Å². The fraction of sp³-hybridized carbons (Fsp3) is 0.600. The first-order chi connectivity index (χ1) is 6.65. The number of carbonyl (C=O) groups is 1. The van der Waals surface area contributed by atoms with Gasteiger partial charge in [-0.15, -0.1) is 0 Å². The lowest BCUT2D eigenvalue weighted by Gasteiger charge is -2.02. The maximum absolute atomic E-state index is 10.6. The third kappa shape index (κ3) is 2.58. The molecule has 0 saturated heterocycles. The van der Waals surface area contributed by atoms with Gasteiger partial charge in [-0.3, -0.25) is 4.68 Å². The van der Waals surface area contributed by atoms with E-state index in [-0.39, 0.29) is 5.69 Å². The Morgan fingerprint density at radius 2 is 2.29 bits per heavy atom. The van der Waals surface area contributed by atoms with Gasteiger partial charge in [-0.2, -0.15) is 5.10 Å². The molecule has 0 aliphatic heterocycles. The van der Waals surface area contributed by atoms with Crippen molar-refractivity contribution in [2.45, 2.75) is 39.7 Å². The van der Waals surface area contributed by atoms with E-state index in [1.165, 1.54) is 0 Å². The molecule has 1 aromatic heterocycles. The van der Waals surface area contributed by atoms with Crippen LogP contribution in [0.2, 0.25) is 0 Å². The van der Waals surface area contributed by atoms with E-state index in [1.54, 1.807) is 10.7 Å². The lowest BCUT2D eigenvalue weighted by molar-refractivity contribution is 0.0689. The van der Waals surface area contributed by atoms with Crippen LogP contribution in [-0.2, 0) is 6.54 Å². The number of aryl methyl sites for hydroxylation is 2. The highest BCUT2D eigenvalue weighted by Gasteiger charge is 2.09. The van der Waals surface area contributed by atoms with Crippen molar-refractivity contribution in [1.29, 1.82) is 0 Å². The molecule has 0 saturated carbocycles. The Kier molecular flexibility index (Phi) is 3.68. The van der Waals surface area contributed by atoms with E-state index in [9.17, 15) is 4.79 Å². The summed E-state index contributed by atoms with van der Waals surface area (Å²) in [5.41, 5.74) is 1.05. The van der Waals surface area contributed by atoms with Crippen LogP contribution in [0.1, 0.15) is 42.4 Å². The zero-order valence-electron chi connectivity index (χ0n) is 8.66. The number of rotatable bonds is 5. The first-order valence-corrected chi connectivity index (χ1v) is 4.93. The van der Waals surface area contributed by atoms with Crippen LogP contribution in [0.4, 0.5) is 0 Å². The SMILES string of the molecule is CCCCCn1nc(C(=O)O)cc1C. The minimum Gasteiger partial charge on any atom is -0.476 e. The third-order valence-electron chi connectivity index (χ3n) is 2.17. The van der Waals surface area contributed by atoms with Crippen molar-refractivity contribution in [3.63, 3.8) is 0 Å². The molecule has 0 bridgehead atoms. The van der Waals surface area contributed by atoms with Crippen molar-refractivity contribution in [3.05, 3.63) is 17.5 Å². The van der Waals surface area contributed by atoms with Gasteiger partial charge >= 0.3 is 5.97 Å². The lowest BCUT2D eigenvalue weighted by atomic mass is 10.2. The highest BCUT2D eigenvalue weighted by Crippen LogP contribution is 2.05. The normalized spacial score (nSPS) is 10.4. The van der Waals surface area contributed by atoms with E-state index in [0.717, 1.165) is 31.5 Å². The van der Waals surface area contributed by atoms with Gasteiger partial charge in [0.15, 0.2) is 5.69 Å². The van der Waals surface area contributed by atoms with E-state index < -0.39 is 5.97 Å².